The number of piperazine rings is 1. The second-order valence-electron chi connectivity index (χ2n) is 7.54. The topological polar surface area (TPSA) is 108 Å². The summed E-state index contributed by atoms with van der Waals surface area (Å²) in [5.41, 5.74) is 7.45. The van der Waals surface area contributed by atoms with E-state index in [1.165, 1.54) is 17.3 Å². The number of halogens is 2. The van der Waals surface area contributed by atoms with Gasteiger partial charge in [-0.25, -0.2) is 24.1 Å². The fraction of sp³-hybridized carbons (Fsp3) is 0.182. The maximum Gasteiger partial charge on any atom is 0.407 e. The van der Waals surface area contributed by atoms with Crippen LogP contribution in [0.2, 0.25) is 5.02 Å². The Morgan fingerprint density at radius 1 is 1.12 bits per heavy atom. The average Bonchev–Trinajstić information content (AvgIpc) is 2.78. The number of nitrogens with zero attached hydrogens (tertiary/aromatic N) is 5. The van der Waals surface area contributed by atoms with E-state index < -0.39 is 11.9 Å². The Hall–Kier alpha value is -3.72. The van der Waals surface area contributed by atoms with Gasteiger partial charge in [0.2, 0.25) is 0 Å². The number of rotatable bonds is 2. The molecule has 1 saturated heterocycles. The molecule has 4 aromatic rings. The molecule has 0 aliphatic carbocycles. The SMILES string of the molecule is Nc1cc2cccc(F)c2c(-c2cc3ncnc(N4CCN(C(=O)O)CC4)c3cc2Cl)n1. The van der Waals surface area contributed by atoms with E-state index in [2.05, 4.69) is 15.0 Å². The first-order chi connectivity index (χ1) is 15.4. The Bertz CT molecular complexity index is 1370. The highest BCUT2D eigenvalue weighted by Gasteiger charge is 2.23. The molecule has 10 heteroatoms. The first kappa shape index (κ1) is 20.2. The Labute approximate surface area is 187 Å². The number of pyridine rings is 1. The summed E-state index contributed by atoms with van der Waals surface area (Å²) >= 11 is 6.66. The van der Waals surface area contributed by atoms with Crippen molar-refractivity contribution in [2.45, 2.75) is 0 Å². The predicted molar refractivity (Wildman–Crippen MR) is 121 cm³/mol. The number of nitrogens with two attached hydrogens (primary N) is 1. The molecule has 0 unspecified atom stereocenters. The number of anilines is 2. The minimum absolute atomic E-state index is 0.258. The lowest BCUT2D eigenvalue weighted by molar-refractivity contribution is 0.142. The highest BCUT2D eigenvalue weighted by molar-refractivity contribution is 6.34. The van der Waals surface area contributed by atoms with Gasteiger partial charge in [0.05, 0.1) is 16.2 Å². The molecule has 1 fully saturated rings. The van der Waals surface area contributed by atoms with Crippen LogP contribution in [-0.4, -0.2) is 57.2 Å². The van der Waals surface area contributed by atoms with Gasteiger partial charge in [-0.3, -0.25) is 0 Å². The Morgan fingerprint density at radius 3 is 2.66 bits per heavy atom. The lowest BCUT2D eigenvalue weighted by atomic mass is 10.0. The van der Waals surface area contributed by atoms with Crippen LogP contribution in [0, 0.1) is 5.82 Å². The second kappa shape index (κ2) is 7.76. The number of hydrogen-bond acceptors (Lipinski definition) is 6. The van der Waals surface area contributed by atoms with E-state index in [4.69, 9.17) is 17.3 Å². The van der Waals surface area contributed by atoms with Crippen molar-refractivity contribution >= 4 is 51.0 Å². The molecule has 8 nitrogen and oxygen atoms in total. The molecule has 1 aliphatic heterocycles. The van der Waals surface area contributed by atoms with E-state index in [9.17, 15) is 14.3 Å². The number of fused-ring (bicyclic) bond motifs is 2. The monoisotopic (exact) mass is 452 g/mol. The molecule has 5 rings (SSSR count). The van der Waals surface area contributed by atoms with Crippen molar-refractivity contribution in [2.75, 3.05) is 36.8 Å². The van der Waals surface area contributed by atoms with Gasteiger partial charge < -0.3 is 20.6 Å². The number of benzene rings is 2. The van der Waals surface area contributed by atoms with Gasteiger partial charge in [0.1, 0.15) is 23.8 Å². The van der Waals surface area contributed by atoms with Crippen molar-refractivity contribution in [3.8, 4) is 11.3 Å². The fourth-order valence-electron chi connectivity index (χ4n) is 4.09. The molecule has 3 N–H and O–H groups in total. The van der Waals surface area contributed by atoms with Crippen LogP contribution in [0.25, 0.3) is 32.9 Å². The van der Waals surface area contributed by atoms with E-state index in [0.29, 0.717) is 64.6 Å². The van der Waals surface area contributed by atoms with Crippen LogP contribution in [0.5, 0.6) is 0 Å². The van der Waals surface area contributed by atoms with Crippen LogP contribution in [0.15, 0.2) is 42.7 Å². The summed E-state index contributed by atoms with van der Waals surface area (Å²) in [6.07, 6.45) is 0.517. The maximum atomic E-state index is 14.7. The number of hydrogen-bond donors (Lipinski definition) is 2. The zero-order chi connectivity index (χ0) is 22.4. The summed E-state index contributed by atoms with van der Waals surface area (Å²) in [5.74, 6) is 0.514. The molecule has 0 spiro atoms. The molecule has 3 heterocycles. The lowest BCUT2D eigenvalue weighted by Gasteiger charge is -2.34. The first-order valence-electron chi connectivity index (χ1n) is 9.94. The standard InChI is InChI=1S/C22H18ClFN6O2/c23-15-9-14-17(26-11-27-21(14)29-4-6-30(7-5-29)22(31)32)10-13(15)20-19-12(8-18(25)28-20)2-1-3-16(19)24/h1-3,8-11H,4-7H2,(H2,25,28)(H,31,32). The first-order valence-corrected chi connectivity index (χ1v) is 10.3. The Kier molecular flexibility index (Phi) is 4.90. The maximum absolute atomic E-state index is 14.7. The largest absolute Gasteiger partial charge is 0.465 e. The van der Waals surface area contributed by atoms with Crippen molar-refractivity contribution in [3.63, 3.8) is 0 Å². The van der Waals surface area contributed by atoms with E-state index in [-0.39, 0.29) is 5.82 Å². The summed E-state index contributed by atoms with van der Waals surface area (Å²) in [6.45, 7) is 1.77. The van der Waals surface area contributed by atoms with Gasteiger partial charge in [0.25, 0.3) is 0 Å². The van der Waals surface area contributed by atoms with Crippen LogP contribution in [0.3, 0.4) is 0 Å². The molecule has 0 atom stereocenters. The third-order valence-electron chi connectivity index (χ3n) is 5.63. The summed E-state index contributed by atoms with van der Waals surface area (Å²) in [4.78, 5) is 27.7. The van der Waals surface area contributed by atoms with E-state index >= 15 is 0 Å². The van der Waals surface area contributed by atoms with Crippen molar-refractivity contribution in [2.24, 2.45) is 0 Å². The number of carboxylic acid groups (broad SMARTS) is 1. The molecule has 2 aromatic heterocycles. The minimum atomic E-state index is -0.932. The molecule has 0 radical (unpaired) electrons. The van der Waals surface area contributed by atoms with Crippen molar-refractivity contribution < 1.29 is 14.3 Å². The van der Waals surface area contributed by atoms with Gasteiger partial charge in [-0.2, -0.15) is 0 Å². The van der Waals surface area contributed by atoms with Crippen molar-refractivity contribution in [1.82, 2.24) is 19.9 Å². The van der Waals surface area contributed by atoms with Crippen molar-refractivity contribution in [1.29, 1.82) is 0 Å². The summed E-state index contributed by atoms with van der Waals surface area (Å²) in [5, 5.41) is 11.2. The second-order valence-corrected chi connectivity index (χ2v) is 7.94. The molecule has 32 heavy (non-hydrogen) atoms. The van der Waals surface area contributed by atoms with Crippen LogP contribution in [-0.2, 0) is 0 Å². The molecule has 2 aromatic carbocycles. The van der Waals surface area contributed by atoms with Crippen LogP contribution in [0.1, 0.15) is 0 Å². The van der Waals surface area contributed by atoms with Crippen LogP contribution < -0.4 is 10.6 Å². The van der Waals surface area contributed by atoms with E-state index in [0.717, 1.165) is 5.39 Å². The van der Waals surface area contributed by atoms with Gasteiger partial charge in [0, 0.05) is 42.5 Å². The Balaban J connectivity index is 1.63. The summed E-state index contributed by atoms with van der Waals surface area (Å²) < 4.78 is 14.7. The third kappa shape index (κ3) is 3.40. The molecule has 0 bridgehead atoms. The van der Waals surface area contributed by atoms with Gasteiger partial charge in [-0.15, -0.1) is 0 Å². The highest BCUT2D eigenvalue weighted by Crippen LogP contribution is 2.38. The average molecular weight is 453 g/mol. The molecular formula is C22H18ClFN6O2. The molecule has 162 valence electrons. The molecule has 0 saturated carbocycles. The van der Waals surface area contributed by atoms with Gasteiger partial charge >= 0.3 is 6.09 Å². The zero-order valence-corrected chi connectivity index (χ0v) is 17.6. The molecule has 1 aliphatic rings. The number of carbonyl (C=O) groups is 1. The quantitative estimate of drug-likeness (QED) is 0.472. The van der Waals surface area contributed by atoms with Crippen molar-refractivity contribution in [3.05, 3.63) is 53.6 Å². The third-order valence-corrected chi connectivity index (χ3v) is 5.95. The van der Waals surface area contributed by atoms with Gasteiger partial charge in [-0.05, 0) is 29.7 Å². The smallest absolute Gasteiger partial charge is 0.407 e. The van der Waals surface area contributed by atoms with Gasteiger partial charge in [0.15, 0.2) is 0 Å². The predicted octanol–water partition coefficient (Wildman–Crippen LogP) is 4.02. The number of nitrogen functional groups attached to an aromatic ring is 1. The highest BCUT2D eigenvalue weighted by atomic mass is 35.5. The zero-order valence-electron chi connectivity index (χ0n) is 16.8. The number of aromatic nitrogens is 3. The summed E-state index contributed by atoms with van der Waals surface area (Å²) in [6, 6.07) is 9.87. The molecular weight excluding hydrogens is 435 g/mol. The lowest BCUT2D eigenvalue weighted by Crippen LogP contribution is -2.48. The van der Waals surface area contributed by atoms with Crippen LogP contribution >= 0.6 is 11.6 Å². The number of amides is 1. The van der Waals surface area contributed by atoms with E-state index in [1.807, 2.05) is 4.90 Å². The molecule has 1 amide bonds. The normalized spacial score (nSPS) is 14.3. The van der Waals surface area contributed by atoms with E-state index in [1.54, 1.807) is 30.3 Å². The fourth-order valence-corrected chi connectivity index (χ4v) is 4.34. The summed E-state index contributed by atoms with van der Waals surface area (Å²) in [7, 11) is 0. The Morgan fingerprint density at radius 2 is 1.91 bits per heavy atom. The minimum Gasteiger partial charge on any atom is -0.465 e. The van der Waals surface area contributed by atoms with Gasteiger partial charge in [-0.1, -0.05) is 23.7 Å². The van der Waals surface area contributed by atoms with Crippen LogP contribution in [0.4, 0.5) is 20.8 Å².